The number of nitriles is 1. The van der Waals surface area contributed by atoms with E-state index in [9.17, 15) is 0 Å². The summed E-state index contributed by atoms with van der Waals surface area (Å²) in [6.45, 7) is 6.77. The molecule has 0 unspecified atom stereocenters. The minimum atomic E-state index is 0.501. The smallest absolute Gasteiger partial charge is 0.101 e. The maximum atomic E-state index is 8.87. The third kappa shape index (κ3) is 4.21. The fraction of sp³-hybridized carbons (Fsp3) is 0.500. The van der Waals surface area contributed by atoms with E-state index in [1.165, 1.54) is 0 Å². The highest BCUT2D eigenvalue weighted by molar-refractivity contribution is 6.32. The van der Waals surface area contributed by atoms with E-state index in [1.807, 2.05) is 12.1 Å². The average molecular weight is 267 g/mol. The summed E-state index contributed by atoms with van der Waals surface area (Å²) < 4.78 is 5.12. The second-order valence-corrected chi connectivity index (χ2v) is 5.02. The zero-order valence-corrected chi connectivity index (χ0v) is 11.9. The third-order valence-corrected chi connectivity index (χ3v) is 2.90. The van der Waals surface area contributed by atoms with Gasteiger partial charge in [-0.25, -0.2) is 0 Å². The van der Waals surface area contributed by atoms with E-state index in [0.717, 1.165) is 18.8 Å². The Balaban J connectivity index is 2.90. The number of hydrogen-bond donors (Lipinski definition) is 0. The van der Waals surface area contributed by atoms with Crippen molar-refractivity contribution in [1.29, 1.82) is 5.26 Å². The molecular weight excluding hydrogens is 248 g/mol. The molecule has 1 aromatic carbocycles. The summed E-state index contributed by atoms with van der Waals surface area (Å²) in [5.74, 6) is 0.552. The van der Waals surface area contributed by atoms with Crippen molar-refractivity contribution in [3.63, 3.8) is 0 Å². The Bertz CT molecular complexity index is 426. The van der Waals surface area contributed by atoms with E-state index in [4.69, 9.17) is 21.6 Å². The highest BCUT2D eigenvalue weighted by Gasteiger charge is 2.10. The van der Waals surface area contributed by atoms with E-state index >= 15 is 0 Å². The molecule has 0 bridgehead atoms. The van der Waals surface area contributed by atoms with Crippen LogP contribution < -0.4 is 4.90 Å². The summed E-state index contributed by atoms with van der Waals surface area (Å²) in [7, 11) is 1.69. The van der Waals surface area contributed by atoms with Crippen molar-refractivity contribution in [2.75, 3.05) is 31.7 Å². The number of halogens is 1. The average Bonchev–Trinajstić information content (AvgIpc) is 2.34. The second kappa shape index (κ2) is 7.25. The summed E-state index contributed by atoms with van der Waals surface area (Å²) in [5, 5.41) is 9.37. The summed E-state index contributed by atoms with van der Waals surface area (Å²) in [6.07, 6.45) is 0. The lowest BCUT2D eigenvalue weighted by Gasteiger charge is -2.26. The van der Waals surface area contributed by atoms with E-state index in [1.54, 1.807) is 13.2 Å². The van der Waals surface area contributed by atoms with Crippen LogP contribution in [0, 0.1) is 17.2 Å². The van der Waals surface area contributed by atoms with Gasteiger partial charge < -0.3 is 9.64 Å². The van der Waals surface area contributed by atoms with Gasteiger partial charge in [0, 0.05) is 25.9 Å². The van der Waals surface area contributed by atoms with Gasteiger partial charge in [0.25, 0.3) is 0 Å². The Hall–Kier alpha value is -1.24. The zero-order chi connectivity index (χ0) is 13.5. The van der Waals surface area contributed by atoms with Gasteiger partial charge in [0.15, 0.2) is 0 Å². The molecule has 0 aromatic heterocycles. The molecule has 0 atom stereocenters. The molecule has 0 N–H and O–H groups in total. The fourth-order valence-corrected chi connectivity index (χ4v) is 1.98. The third-order valence-electron chi connectivity index (χ3n) is 2.59. The SMILES string of the molecule is COCCN(CC(C)C)c1ccc(C#N)c(Cl)c1. The Kier molecular flexibility index (Phi) is 5.97. The van der Waals surface area contributed by atoms with Crippen molar-refractivity contribution in [1.82, 2.24) is 0 Å². The van der Waals surface area contributed by atoms with E-state index in [-0.39, 0.29) is 0 Å². The molecule has 18 heavy (non-hydrogen) atoms. The summed E-state index contributed by atoms with van der Waals surface area (Å²) in [6, 6.07) is 7.61. The molecular formula is C14H19ClN2O. The molecule has 0 aliphatic rings. The lowest BCUT2D eigenvalue weighted by molar-refractivity contribution is 0.204. The van der Waals surface area contributed by atoms with Crippen molar-refractivity contribution in [3.05, 3.63) is 28.8 Å². The quantitative estimate of drug-likeness (QED) is 0.792. The van der Waals surface area contributed by atoms with Gasteiger partial charge in [0.2, 0.25) is 0 Å². The number of rotatable bonds is 6. The first kappa shape index (κ1) is 14.8. The molecule has 0 saturated heterocycles. The van der Waals surface area contributed by atoms with Crippen LogP contribution in [-0.2, 0) is 4.74 Å². The van der Waals surface area contributed by atoms with Gasteiger partial charge in [-0.2, -0.15) is 5.26 Å². The normalized spacial score (nSPS) is 10.4. The van der Waals surface area contributed by atoms with Crippen LogP contribution in [0.5, 0.6) is 0 Å². The van der Waals surface area contributed by atoms with Crippen molar-refractivity contribution in [2.45, 2.75) is 13.8 Å². The molecule has 0 aliphatic carbocycles. The summed E-state index contributed by atoms with van der Waals surface area (Å²) in [4.78, 5) is 2.22. The number of hydrogen-bond acceptors (Lipinski definition) is 3. The number of anilines is 1. The van der Waals surface area contributed by atoms with Crippen LogP contribution in [0.3, 0.4) is 0 Å². The first-order chi connectivity index (χ1) is 8.58. The van der Waals surface area contributed by atoms with Crippen LogP contribution >= 0.6 is 11.6 Å². The van der Waals surface area contributed by atoms with Crippen molar-refractivity contribution in [3.8, 4) is 6.07 Å². The van der Waals surface area contributed by atoms with Gasteiger partial charge >= 0.3 is 0 Å². The second-order valence-electron chi connectivity index (χ2n) is 4.61. The first-order valence-corrected chi connectivity index (χ1v) is 6.39. The number of methoxy groups -OCH3 is 1. The standard InChI is InChI=1S/C14H19ClN2O/c1-11(2)10-17(6-7-18-3)13-5-4-12(9-16)14(15)8-13/h4-5,8,11H,6-7,10H2,1-3H3. The molecule has 1 rings (SSSR count). The number of ether oxygens (including phenoxy) is 1. The van der Waals surface area contributed by atoms with Gasteiger partial charge in [-0.3, -0.25) is 0 Å². The highest BCUT2D eigenvalue weighted by Crippen LogP contribution is 2.23. The lowest BCUT2D eigenvalue weighted by atomic mass is 10.1. The maximum Gasteiger partial charge on any atom is 0.101 e. The van der Waals surface area contributed by atoms with Crippen molar-refractivity contribution >= 4 is 17.3 Å². The summed E-state index contributed by atoms with van der Waals surface area (Å²) in [5.41, 5.74) is 1.54. The van der Waals surface area contributed by atoms with Crippen LogP contribution in [0.25, 0.3) is 0 Å². The van der Waals surface area contributed by atoms with Gasteiger partial charge in [0.05, 0.1) is 17.2 Å². The van der Waals surface area contributed by atoms with Gasteiger partial charge in [0.1, 0.15) is 6.07 Å². The Morgan fingerprint density at radius 2 is 2.17 bits per heavy atom. The van der Waals surface area contributed by atoms with Crippen molar-refractivity contribution < 1.29 is 4.74 Å². The molecule has 98 valence electrons. The maximum absolute atomic E-state index is 8.87. The molecule has 0 heterocycles. The first-order valence-electron chi connectivity index (χ1n) is 6.02. The van der Waals surface area contributed by atoms with Gasteiger partial charge in [-0.05, 0) is 24.1 Å². The van der Waals surface area contributed by atoms with Crippen molar-refractivity contribution in [2.24, 2.45) is 5.92 Å². The van der Waals surface area contributed by atoms with Crippen LogP contribution in [0.1, 0.15) is 19.4 Å². The molecule has 0 aliphatic heterocycles. The van der Waals surface area contributed by atoms with Gasteiger partial charge in [-0.15, -0.1) is 0 Å². The predicted molar refractivity (Wildman–Crippen MR) is 75.1 cm³/mol. The van der Waals surface area contributed by atoms with Crippen LogP contribution in [-0.4, -0.2) is 26.8 Å². The Labute approximate surface area is 114 Å². The lowest BCUT2D eigenvalue weighted by Crippen LogP contribution is -2.30. The van der Waals surface area contributed by atoms with Gasteiger partial charge in [-0.1, -0.05) is 25.4 Å². The summed E-state index contributed by atoms with van der Waals surface area (Å²) >= 11 is 6.06. The minimum absolute atomic E-state index is 0.501. The monoisotopic (exact) mass is 266 g/mol. The molecule has 0 radical (unpaired) electrons. The topological polar surface area (TPSA) is 36.3 Å². The zero-order valence-electron chi connectivity index (χ0n) is 11.1. The number of nitrogens with zero attached hydrogens (tertiary/aromatic N) is 2. The molecule has 1 aromatic rings. The van der Waals surface area contributed by atoms with E-state index in [2.05, 4.69) is 24.8 Å². The van der Waals surface area contributed by atoms with E-state index in [0.29, 0.717) is 23.1 Å². The van der Waals surface area contributed by atoms with E-state index < -0.39 is 0 Å². The molecule has 0 saturated carbocycles. The highest BCUT2D eigenvalue weighted by atomic mass is 35.5. The van der Waals surface area contributed by atoms with Crippen LogP contribution in [0.4, 0.5) is 5.69 Å². The minimum Gasteiger partial charge on any atom is -0.383 e. The Morgan fingerprint density at radius 3 is 2.67 bits per heavy atom. The predicted octanol–water partition coefficient (Wildman–Crippen LogP) is 3.32. The van der Waals surface area contributed by atoms with Crippen LogP contribution in [0.15, 0.2) is 18.2 Å². The molecule has 0 amide bonds. The number of benzene rings is 1. The molecule has 0 fully saturated rings. The van der Waals surface area contributed by atoms with Crippen LogP contribution in [0.2, 0.25) is 5.02 Å². The largest absolute Gasteiger partial charge is 0.383 e. The molecule has 3 nitrogen and oxygen atoms in total. The molecule has 0 spiro atoms. The molecule has 4 heteroatoms. The fourth-order valence-electron chi connectivity index (χ4n) is 1.76. The Morgan fingerprint density at radius 1 is 1.44 bits per heavy atom.